The number of carbonyl (C=O) groups excluding carboxylic acids is 1. The smallest absolute Gasteiger partial charge is 0.254 e. The second-order valence-corrected chi connectivity index (χ2v) is 7.30. The number of aliphatic imine (C=N–C) groups is 1. The van der Waals surface area contributed by atoms with Crippen molar-refractivity contribution in [1.29, 1.82) is 0 Å². The van der Waals surface area contributed by atoms with Gasteiger partial charge in [0, 0.05) is 33.1 Å². The van der Waals surface area contributed by atoms with E-state index in [9.17, 15) is 4.79 Å². The molecular weight excluding hydrogens is 304 g/mol. The summed E-state index contributed by atoms with van der Waals surface area (Å²) in [6.45, 7) is 7.06. The van der Waals surface area contributed by atoms with Gasteiger partial charge in [-0.15, -0.1) is 0 Å². The van der Waals surface area contributed by atoms with Crippen LogP contribution in [0.5, 0.6) is 0 Å². The normalized spacial score (nSPS) is 21.7. The minimum absolute atomic E-state index is 0.0604. The zero-order valence-corrected chi connectivity index (χ0v) is 15.1. The fourth-order valence-corrected chi connectivity index (χ4v) is 3.43. The van der Waals surface area contributed by atoms with Crippen LogP contribution in [0, 0.1) is 6.92 Å². The summed E-state index contributed by atoms with van der Waals surface area (Å²) in [5, 5.41) is 2.91. The maximum atomic E-state index is 12.3. The highest BCUT2D eigenvalue weighted by molar-refractivity contribution is 6.07. The van der Waals surface area contributed by atoms with Crippen molar-refractivity contribution in [3.63, 3.8) is 0 Å². The molecular formula is C18H28N4O2. The first-order valence-corrected chi connectivity index (χ1v) is 8.77. The van der Waals surface area contributed by atoms with Gasteiger partial charge in [-0.2, -0.15) is 0 Å². The van der Waals surface area contributed by atoms with Crippen LogP contribution >= 0.6 is 0 Å². The van der Waals surface area contributed by atoms with Crippen LogP contribution in [-0.2, 0) is 4.79 Å². The number of aryl methyl sites for hydroxylation is 1. The number of rotatable bonds is 4. The number of furan rings is 1. The topological polar surface area (TPSA) is 61.1 Å². The van der Waals surface area contributed by atoms with Gasteiger partial charge in [-0.1, -0.05) is 6.92 Å². The number of likely N-dealkylation sites (tertiary alicyclic amines) is 1. The van der Waals surface area contributed by atoms with Gasteiger partial charge in [0.25, 0.3) is 5.91 Å². The van der Waals surface area contributed by atoms with Crippen LogP contribution in [0.25, 0.3) is 0 Å². The Morgan fingerprint density at radius 2 is 2.08 bits per heavy atom. The van der Waals surface area contributed by atoms with Crippen molar-refractivity contribution in [2.24, 2.45) is 4.99 Å². The molecule has 24 heavy (non-hydrogen) atoms. The Labute approximate surface area is 143 Å². The maximum absolute atomic E-state index is 12.3. The van der Waals surface area contributed by atoms with Crippen LogP contribution in [0.4, 0.5) is 0 Å². The summed E-state index contributed by atoms with van der Waals surface area (Å²) < 4.78 is 5.72. The molecule has 0 aromatic carbocycles. The van der Waals surface area contributed by atoms with Crippen molar-refractivity contribution < 1.29 is 9.21 Å². The molecule has 1 fully saturated rings. The average Bonchev–Trinajstić information content (AvgIpc) is 3.12. The minimum Gasteiger partial charge on any atom is -0.466 e. The predicted molar refractivity (Wildman–Crippen MR) is 94.1 cm³/mol. The van der Waals surface area contributed by atoms with Gasteiger partial charge < -0.3 is 14.2 Å². The van der Waals surface area contributed by atoms with E-state index in [0.29, 0.717) is 11.9 Å². The van der Waals surface area contributed by atoms with Crippen LogP contribution < -0.4 is 5.32 Å². The first kappa shape index (κ1) is 17.0. The largest absolute Gasteiger partial charge is 0.466 e. The number of hydrogen-bond acceptors (Lipinski definition) is 5. The lowest BCUT2D eigenvalue weighted by atomic mass is 9.88. The van der Waals surface area contributed by atoms with Gasteiger partial charge in [0.2, 0.25) is 5.96 Å². The first-order valence-electron chi connectivity index (χ1n) is 8.77. The van der Waals surface area contributed by atoms with E-state index in [1.54, 1.807) is 0 Å². The molecule has 1 N–H and O–H groups in total. The van der Waals surface area contributed by atoms with Crippen molar-refractivity contribution in [2.75, 3.05) is 33.7 Å². The highest BCUT2D eigenvalue weighted by atomic mass is 16.3. The van der Waals surface area contributed by atoms with E-state index < -0.39 is 5.54 Å². The monoisotopic (exact) mass is 332 g/mol. The Balaban J connectivity index is 1.51. The molecule has 0 bridgehead atoms. The molecule has 3 heterocycles. The average molecular weight is 332 g/mol. The number of nitrogens with zero attached hydrogens (tertiary/aromatic N) is 3. The lowest BCUT2D eigenvalue weighted by Crippen LogP contribution is -2.49. The van der Waals surface area contributed by atoms with Gasteiger partial charge in [0.15, 0.2) is 0 Å². The van der Waals surface area contributed by atoms with E-state index in [0.717, 1.165) is 50.4 Å². The molecule has 6 heteroatoms. The van der Waals surface area contributed by atoms with E-state index in [1.165, 1.54) is 0 Å². The van der Waals surface area contributed by atoms with Crippen molar-refractivity contribution in [2.45, 2.75) is 44.6 Å². The molecule has 1 atom stereocenters. The Kier molecular flexibility index (Phi) is 4.67. The number of carbonyl (C=O) groups is 1. The third-order valence-corrected chi connectivity index (χ3v) is 5.20. The Morgan fingerprint density at radius 1 is 1.38 bits per heavy atom. The number of guanidine groups is 1. The van der Waals surface area contributed by atoms with Gasteiger partial charge in [-0.25, -0.2) is 4.99 Å². The lowest BCUT2D eigenvalue weighted by Gasteiger charge is -2.35. The van der Waals surface area contributed by atoms with E-state index in [2.05, 4.69) is 28.2 Å². The molecule has 0 radical (unpaired) electrons. The number of amides is 1. The number of nitrogens with one attached hydrogen (secondary N) is 1. The summed E-state index contributed by atoms with van der Waals surface area (Å²) in [5.74, 6) is 3.21. The molecule has 0 aliphatic carbocycles. The Morgan fingerprint density at radius 3 is 2.62 bits per heavy atom. The fraction of sp³-hybridized carbons (Fsp3) is 0.667. The zero-order chi connectivity index (χ0) is 17.3. The molecule has 1 saturated heterocycles. The van der Waals surface area contributed by atoms with Gasteiger partial charge >= 0.3 is 0 Å². The summed E-state index contributed by atoms with van der Waals surface area (Å²) in [6, 6.07) is 4.10. The molecule has 1 aromatic heterocycles. The molecule has 3 rings (SSSR count). The summed E-state index contributed by atoms with van der Waals surface area (Å²) in [5.41, 5.74) is -0.542. The van der Waals surface area contributed by atoms with E-state index in [1.807, 2.05) is 32.0 Å². The van der Waals surface area contributed by atoms with Crippen molar-refractivity contribution in [3.8, 4) is 0 Å². The van der Waals surface area contributed by atoms with Gasteiger partial charge in [0.05, 0.1) is 0 Å². The summed E-state index contributed by atoms with van der Waals surface area (Å²) in [4.78, 5) is 21.3. The predicted octanol–water partition coefficient (Wildman–Crippen LogP) is 1.96. The minimum atomic E-state index is -0.542. The SMILES string of the molecule is Cc1ccc(C(C)CCN2CCC3(CC2)N=C(N(C)C)NC3=O)o1. The van der Waals surface area contributed by atoms with Gasteiger partial charge in [-0.05, 0) is 44.9 Å². The molecule has 6 nitrogen and oxygen atoms in total. The molecule has 1 spiro atoms. The van der Waals surface area contributed by atoms with Crippen molar-refractivity contribution in [3.05, 3.63) is 23.7 Å². The second-order valence-electron chi connectivity index (χ2n) is 7.30. The van der Waals surface area contributed by atoms with Crippen molar-refractivity contribution >= 4 is 11.9 Å². The summed E-state index contributed by atoms with van der Waals surface area (Å²) in [6.07, 6.45) is 2.66. The van der Waals surface area contributed by atoms with Crippen LogP contribution in [0.15, 0.2) is 21.5 Å². The van der Waals surface area contributed by atoms with Crippen LogP contribution in [0.1, 0.15) is 43.6 Å². The van der Waals surface area contributed by atoms with Crippen LogP contribution in [0.2, 0.25) is 0 Å². The molecule has 132 valence electrons. The molecule has 2 aliphatic rings. The number of hydrogen-bond donors (Lipinski definition) is 1. The lowest BCUT2D eigenvalue weighted by molar-refractivity contribution is -0.125. The van der Waals surface area contributed by atoms with Gasteiger partial charge in [0.1, 0.15) is 17.1 Å². The molecule has 2 aliphatic heterocycles. The second kappa shape index (κ2) is 6.59. The Hall–Kier alpha value is -1.82. The van der Waals surface area contributed by atoms with Gasteiger partial charge in [-0.3, -0.25) is 10.1 Å². The molecule has 1 aromatic rings. The van der Waals surface area contributed by atoms with E-state index in [4.69, 9.17) is 4.42 Å². The maximum Gasteiger partial charge on any atom is 0.254 e. The van der Waals surface area contributed by atoms with Crippen LogP contribution in [0.3, 0.4) is 0 Å². The van der Waals surface area contributed by atoms with Crippen molar-refractivity contribution in [1.82, 2.24) is 15.1 Å². The summed E-state index contributed by atoms with van der Waals surface area (Å²) in [7, 11) is 3.82. The molecule has 0 saturated carbocycles. The first-order chi connectivity index (χ1) is 11.4. The highest BCUT2D eigenvalue weighted by Crippen LogP contribution is 2.31. The van der Waals surface area contributed by atoms with E-state index >= 15 is 0 Å². The summed E-state index contributed by atoms with van der Waals surface area (Å²) >= 11 is 0. The zero-order valence-electron chi connectivity index (χ0n) is 15.1. The third kappa shape index (κ3) is 3.34. The molecule has 1 unspecified atom stereocenters. The third-order valence-electron chi connectivity index (χ3n) is 5.20. The standard InChI is InChI=1S/C18H28N4O2/c1-13(15-6-5-14(2)24-15)7-10-22-11-8-18(9-12-22)16(23)19-17(20-18)21(3)4/h5-6,13H,7-12H2,1-4H3,(H,19,20,23). The highest BCUT2D eigenvalue weighted by Gasteiger charge is 2.46. The fourth-order valence-electron chi connectivity index (χ4n) is 3.43. The van der Waals surface area contributed by atoms with E-state index in [-0.39, 0.29) is 5.91 Å². The quantitative estimate of drug-likeness (QED) is 0.916. The van der Waals surface area contributed by atoms with Crippen LogP contribution in [-0.4, -0.2) is 60.9 Å². The molecule has 1 amide bonds. The number of piperidine rings is 1. The Bertz CT molecular complexity index is 627.